The molecule has 0 aromatic heterocycles. The van der Waals surface area contributed by atoms with E-state index in [1.807, 2.05) is 22.6 Å². The fourth-order valence-electron chi connectivity index (χ4n) is 0.0257. The van der Waals surface area contributed by atoms with Gasteiger partial charge in [-0.05, 0) is 22.6 Å². The minimum Gasteiger partial charge on any atom is -0.297 e. The Morgan fingerprint density at radius 2 is 2.33 bits per heavy atom. The van der Waals surface area contributed by atoms with Crippen molar-refractivity contribution >= 4 is 40.5 Å². The molecular formula is C3H2ClIO. The summed E-state index contributed by atoms with van der Waals surface area (Å²) in [5.74, 6) is 0. The number of rotatable bonds is 1. The van der Waals surface area contributed by atoms with E-state index in [0.29, 0.717) is 9.87 Å². The highest BCUT2D eigenvalue weighted by atomic mass is 127. The van der Waals surface area contributed by atoms with E-state index in [0.717, 1.165) is 0 Å². The molecule has 0 aliphatic heterocycles. The number of aldehydes is 1. The van der Waals surface area contributed by atoms with Crippen LogP contribution in [0.1, 0.15) is 0 Å². The largest absolute Gasteiger partial charge is 0.297 e. The van der Waals surface area contributed by atoms with Gasteiger partial charge in [-0.1, -0.05) is 11.6 Å². The molecule has 34 valence electrons. The first-order valence-corrected chi connectivity index (χ1v) is 2.74. The van der Waals surface area contributed by atoms with E-state index in [1.54, 1.807) is 0 Å². The van der Waals surface area contributed by atoms with Gasteiger partial charge in [0.1, 0.15) is 0 Å². The van der Waals surface area contributed by atoms with Crippen molar-refractivity contribution in [3.05, 3.63) is 9.12 Å². The lowest BCUT2D eigenvalue weighted by atomic mass is 10.7. The first-order chi connectivity index (χ1) is 2.81. The molecule has 3 heteroatoms. The molecule has 0 atom stereocenters. The molecule has 0 amide bonds. The minimum absolute atomic E-state index is 0.522. The standard InChI is InChI=1S/C3H2ClIO/c4-1-3(5)2-6/h1-2H/b3-1+. The summed E-state index contributed by atoms with van der Waals surface area (Å²) in [4.78, 5) is 9.58. The zero-order chi connectivity index (χ0) is 4.99. The number of allylic oxidation sites excluding steroid dienone is 1. The van der Waals surface area contributed by atoms with E-state index < -0.39 is 0 Å². The quantitative estimate of drug-likeness (QED) is 0.370. The van der Waals surface area contributed by atoms with Crippen LogP contribution in [-0.4, -0.2) is 6.29 Å². The SMILES string of the molecule is O=C/C(I)=C\Cl. The highest BCUT2D eigenvalue weighted by molar-refractivity contribution is 14.1. The van der Waals surface area contributed by atoms with Crippen LogP contribution < -0.4 is 0 Å². The second-order valence-electron chi connectivity index (χ2n) is 0.612. The van der Waals surface area contributed by atoms with Gasteiger partial charge in [0.05, 0.1) is 3.58 Å². The number of carbonyl (C=O) groups is 1. The topological polar surface area (TPSA) is 17.1 Å². The summed E-state index contributed by atoms with van der Waals surface area (Å²) < 4.78 is 0.522. The second-order valence-corrected chi connectivity index (χ2v) is 2.08. The molecule has 0 saturated carbocycles. The Labute approximate surface area is 54.5 Å². The van der Waals surface area contributed by atoms with Crippen molar-refractivity contribution in [2.45, 2.75) is 0 Å². The van der Waals surface area contributed by atoms with E-state index in [4.69, 9.17) is 11.6 Å². The van der Waals surface area contributed by atoms with E-state index in [2.05, 4.69) is 0 Å². The molecule has 0 rings (SSSR count). The highest BCUT2D eigenvalue weighted by Gasteiger charge is 1.77. The van der Waals surface area contributed by atoms with Crippen LogP contribution in [0.2, 0.25) is 0 Å². The number of carbonyl (C=O) groups excluding carboxylic acids is 1. The molecular weight excluding hydrogens is 214 g/mol. The van der Waals surface area contributed by atoms with Crippen LogP contribution in [0.15, 0.2) is 9.12 Å². The van der Waals surface area contributed by atoms with Gasteiger partial charge in [0.25, 0.3) is 0 Å². The van der Waals surface area contributed by atoms with Crippen LogP contribution in [0.25, 0.3) is 0 Å². The average Bonchev–Trinajstić information content (AvgIpc) is 1.65. The van der Waals surface area contributed by atoms with Crippen molar-refractivity contribution < 1.29 is 4.79 Å². The van der Waals surface area contributed by atoms with E-state index in [9.17, 15) is 4.79 Å². The third-order valence-electron chi connectivity index (χ3n) is 0.217. The van der Waals surface area contributed by atoms with Crippen LogP contribution in [-0.2, 0) is 4.79 Å². The third kappa shape index (κ3) is 2.66. The zero-order valence-corrected chi connectivity index (χ0v) is 5.73. The van der Waals surface area contributed by atoms with Crippen LogP contribution in [0.4, 0.5) is 0 Å². The molecule has 6 heavy (non-hydrogen) atoms. The zero-order valence-electron chi connectivity index (χ0n) is 2.82. The smallest absolute Gasteiger partial charge is 0.157 e. The Morgan fingerprint density at radius 1 is 1.83 bits per heavy atom. The maximum Gasteiger partial charge on any atom is 0.157 e. The highest BCUT2D eigenvalue weighted by Crippen LogP contribution is 2.00. The van der Waals surface area contributed by atoms with E-state index in [1.165, 1.54) is 5.54 Å². The summed E-state index contributed by atoms with van der Waals surface area (Å²) in [7, 11) is 0. The normalized spacial score (nSPS) is 11.3. The minimum atomic E-state index is 0.522. The first kappa shape index (κ1) is 6.43. The molecule has 0 heterocycles. The van der Waals surface area contributed by atoms with Gasteiger partial charge in [0, 0.05) is 5.54 Å². The average molecular weight is 216 g/mol. The molecule has 0 N–H and O–H groups in total. The second kappa shape index (κ2) is 3.61. The summed E-state index contributed by atoms with van der Waals surface area (Å²) >= 11 is 6.88. The van der Waals surface area contributed by atoms with Crippen LogP contribution >= 0.6 is 34.2 Å². The maximum atomic E-state index is 9.58. The van der Waals surface area contributed by atoms with E-state index in [-0.39, 0.29) is 0 Å². The first-order valence-electron chi connectivity index (χ1n) is 1.22. The van der Waals surface area contributed by atoms with Gasteiger partial charge < -0.3 is 0 Å². The molecule has 0 aromatic carbocycles. The molecule has 0 aromatic rings. The predicted molar refractivity (Wildman–Crippen MR) is 34.0 cm³/mol. The molecule has 0 aliphatic carbocycles. The Bertz CT molecular complexity index is 78.9. The predicted octanol–water partition coefficient (Wildman–Crippen LogP) is 1.70. The number of hydrogen-bond donors (Lipinski definition) is 0. The van der Waals surface area contributed by atoms with Crippen molar-refractivity contribution in [1.29, 1.82) is 0 Å². The fraction of sp³-hybridized carbons (Fsp3) is 0. The molecule has 0 spiro atoms. The Hall–Kier alpha value is 0.430. The molecule has 0 aliphatic rings. The lowest BCUT2D eigenvalue weighted by Crippen LogP contribution is -1.62. The maximum absolute atomic E-state index is 9.58. The third-order valence-corrected chi connectivity index (χ3v) is 1.39. The van der Waals surface area contributed by atoms with Crippen molar-refractivity contribution in [3.63, 3.8) is 0 Å². The van der Waals surface area contributed by atoms with Crippen molar-refractivity contribution in [3.8, 4) is 0 Å². The monoisotopic (exact) mass is 216 g/mol. The van der Waals surface area contributed by atoms with Crippen LogP contribution in [0.5, 0.6) is 0 Å². The number of halogens is 2. The summed E-state index contributed by atoms with van der Waals surface area (Å²) in [5, 5.41) is 0. The summed E-state index contributed by atoms with van der Waals surface area (Å²) in [6.45, 7) is 0. The van der Waals surface area contributed by atoms with Crippen molar-refractivity contribution in [2.24, 2.45) is 0 Å². The molecule has 0 unspecified atom stereocenters. The Morgan fingerprint density at radius 3 is 2.33 bits per heavy atom. The molecule has 0 radical (unpaired) electrons. The molecule has 0 fully saturated rings. The molecule has 1 nitrogen and oxygen atoms in total. The molecule has 0 saturated heterocycles. The summed E-state index contributed by atoms with van der Waals surface area (Å²) in [5.41, 5.74) is 1.23. The summed E-state index contributed by atoms with van der Waals surface area (Å²) in [6, 6.07) is 0. The Kier molecular flexibility index (Phi) is 3.87. The van der Waals surface area contributed by atoms with Gasteiger partial charge >= 0.3 is 0 Å². The van der Waals surface area contributed by atoms with Gasteiger partial charge in [-0.25, -0.2) is 0 Å². The lowest BCUT2D eigenvalue weighted by Gasteiger charge is -1.68. The number of hydrogen-bond acceptors (Lipinski definition) is 1. The summed E-state index contributed by atoms with van der Waals surface area (Å²) in [6.07, 6.45) is 0.688. The molecule has 0 bridgehead atoms. The van der Waals surface area contributed by atoms with Crippen molar-refractivity contribution in [2.75, 3.05) is 0 Å². The van der Waals surface area contributed by atoms with Crippen LogP contribution in [0, 0.1) is 0 Å². The van der Waals surface area contributed by atoms with Crippen molar-refractivity contribution in [1.82, 2.24) is 0 Å². The van der Waals surface area contributed by atoms with Gasteiger partial charge in [-0.3, -0.25) is 4.79 Å². The fourth-order valence-corrected chi connectivity index (χ4v) is 0.0772. The van der Waals surface area contributed by atoms with Gasteiger partial charge in [-0.2, -0.15) is 0 Å². The van der Waals surface area contributed by atoms with Gasteiger partial charge in [0.15, 0.2) is 6.29 Å². The Balaban J connectivity index is 3.50. The lowest BCUT2D eigenvalue weighted by molar-refractivity contribution is -0.104. The van der Waals surface area contributed by atoms with Gasteiger partial charge in [-0.15, -0.1) is 0 Å². The van der Waals surface area contributed by atoms with E-state index >= 15 is 0 Å². The van der Waals surface area contributed by atoms with Gasteiger partial charge in [0.2, 0.25) is 0 Å². The van der Waals surface area contributed by atoms with Crippen LogP contribution in [0.3, 0.4) is 0 Å².